The molecule has 0 spiro atoms. The zero-order valence-corrected chi connectivity index (χ0v) is 8.75. The van der Waals surface area contributed by atoms with Crippen LogP contribution in [0.15, 0.2) is 0 Å². The Morgan fingerprint density at radius 2 is 1.79 bits per heavy atom. The summed E-state index contributed by atoms with van der Waals surface area (Å²) in [6.45, 7) is 3.51. The summed E-state index contributed by atoms with van der Waals surface area (Å²) in [7, 11) is 5.81. The first kappa shape index (κ1) is 11.9. The first-order valence-electron chi connectivity index (χ1n) is 5.12. The molecule has 1 fully saturated rings. The Bertz CT molecular complexity index is 204. The van der Waals surface area contributed by atoms with Crippen LogP contribution in [0.25, 0.3) is 0 Å². The van der Waals surface area contributed by atoms with E-state index in [0.29, 0.717) is 6.42 Å². The molecule has 0 aromatic rings. The Kier molecular flexibility index (Phi) is 2.95. The van der Waals surface area contributed by atoms with Crippen LogP contribution in [-0.4, -0.2) is 14.0 Å². The van der Waals surface area contributed by atoms with E-state index < -0.39 is 16.9 Å². The largest absolute Gasteiger partial charge is 0.394 e. The van der Waals surface area contributed by atoms with Crippen LogP contribution in [0.3, 0.4) is 0 Å². The molecule has 2 radical (unpaired) electrons. The van der Waals surface area contributed by atoms with Crippen molar-refractivity contribution in [1.82, 2.24) is 0 Å². The van der Waals surface area contributed by atoms with Crippen molar-refractivity contribution in [2.45, 2.75) is 57.4 Å². The standard InChI is InChI=1S/C10H16BF3/c1-3-4-5-8(2,11)9(6-7-9)10(12,13)14/h3-7H2,1-2H3. The third-order valence-corrected chi connectivity index (χ3v) is 3.44. The van der Waals surface area contributed by atoms with E-state index in [1.807, 2.05) is 6.92 Å². The summed E-state index contributed by atoms with van der Waals surface area (Å²) in [5.41, 5.74) is -1.59. The maximum absolute atomic E-state index is 12.7. The van der Waals surface area contributed by atoms with Crippen LogP contribution in [-0.2, 0) is 0 Å². The Morgan fingerprint density at radius 3 is 2.07 bits per heavy atom. The van der Waals surface area contributed by atoms with Gasteiger partial charge in [0.1, 0.15) is 0 Å². The fourth-order valence-corrected chi connectivity index (χ4v) is 2.09. The fourth-order valence-electron chi connectivity index (χ4n) is 2.09. The van der Waals surface area contributed by atoms with Gasteiger partial charge in [-0.25, -0.2) is 0 Å². The molecule has 0 bridgehead atoms. The average molecular weight is 204 g/mol. The average Bonchev–Trinajstić information content (AvgIpc) is 2.78. The van der Waals surface area contributed by atoms with Crippen molar-refractivity contribution in [3.63, 3.8) is 0 Å². The molecular weight excluding hydrogens is 188 g/mol. The predicted octanol–water partition coefficient (Wildman–Crippen LogP) is 3.87. The number of alkyl halides is 3. The Morgan fingerprint density at radius 1 is 1.29 bits per heavy atom. The number of hydrogen-bond donors (Lipinski definition) is 0. The number of unbranched alkanes of at least 4 members (excludes halogenated alkanes) is 1. The van der Waals surface area contributed by atoms with Crippen molar-refractivity contribution in [3.05, 3.63) is 0 Å². The minimum absolute atomic E-state index is 0.202. The van der Waals surface area contributed by atoms with E-state index in [1.54, 1.807) is 6.92 Å². The Balaban J connectivity index is 2.71. The maximum atomic E-state index is 12.7. The summed E-state index contributed by atoms with van der Waals surface area (Å²) >= 11 is 0. The first-order chi connectivity index (χ1) is 6.27. The van der Waals surface area contributed by atoms with Crippen LogP contribution >= 0.6 is 0 Å². The summed E-state index contributed by atoms with van der Waals surface area (Å²) < 4.78 is 38.2. The van der Waals surface area contributed by atoms with Crippen molar-refractivity contribution in [2.24, 2.45) is 5.41 Å². The number of rotatable bonds is 4. The summed E-state index contributed by atoms with van der Waals surface area (Å²) in [6.07, 6.45) is -1.61. The van der Waals surface area contributed by atoms with Crippen molar-refractivity contribution in [3.8, 4) is 0 Å². The minimum atomic E-state index is -4.13. The van der Waals surface area contributed by atoms with Crippen LogP contribution in [0, 0.1) is 5.41 Å². The molecule has 4 heteroatoms. The lowest BCUT2D eigenvalue weighted by Gasteiger charge is -2.37. The highest BCUT2D eigenvalue weighted by molar-refractivity contribution is 6.15. The highest BCUT2D eigenvalue weighted by Crippen LogP contribution is 2.70. The second kappa shape index (κ2) is 3.46. The van der Waals surface area contributed by atoms with Crippen LogP contribution in [0.1, 0.15) is 46.0 Å². The molecule has 0 heterocycles. The lowest BCUT2D eigenvalue weighted by atomic mass is 9.57. The van der Waals surface area contributed by atoms with E-state index in [2.05, 4.69) is 0 Å². The summed E-state index contributed by atoms with van der Waals surface area (Å²) in [6, 6.07) is 0. The second-order valence-corrected chi connectivity index (χ2v) is 4.60. The van der Waals surface area contributed by atoms with Gasteiger partial charge in [-0.1, -0.05) is 38.4 Å². The molecule has 14 heavy (non-hydrogen) atoms. The van der Waals surface area contributed by atoms with Gasteiger partial charge in [0, 0.05) is 0 Å². The molecule has 0 aromatic heterocycles. The van der Waals surface area contributed by atoms with Gasteiger partial charge < -0.3 is 0 Å². The SMILES string of the molecule is [B]C(C)(CCCC)C1(C(F)(F)F)CC1. The Labute approximate surface area is 84.7 Å². The van der Waals surface area contributed by atoms with Crippen LogP contribution in [0.5, 0.6) is 0 Å². The van der Waals surface area contributed by atoms with Gasteiger partial charge in [0.25, 0.3) is 0 Å². The molecule has 1 saturated carbocycles. The van der Waals surface area contributed by atoms with Gasteiger partial charge in [0.2, 0.25) is 0 Å². The minimum Gasteiger partial charge on any atom is -0.171 e. The van der Waals surface area contributed by atoms with Gasteiger partial charge in [-0.3, -0.25) is 0 Å². The summed E-state index contributed by atoms with van der Waals surface area (Å²) in [5, 5.41) is -1.08. The third kappa shape index (κ3) is 1.80. The molecule has 0 saturated heterocycles. The van der Waals surface area contributed by atoms with Crippen molar-refractivity contribution >= 4 is 7.85 Å². The van der Waals surface area contributed by atoms with E-state index in [-0.39, 0.29) is 12.8 Å². The zero-order valence-electron chi connectivity index (χ0n) is 8.75. The van der Waals surface area contributed by atoms with Crippen LogP contribution in [0.4, 0.5) is 13.2 Å². The normalized spacial score (nSPS) is 24.4. The third-order valence-electron chi connectivity index (χ3n) is 3.44. The number of hydrogen-bond acceptors (Lipinski definition) is 0. The van der Waals surface area contributed by atoms with Gasteiger partial charge in [-0.2, -0.15) is 13.2 Å². The molecule has 1 aliphatic rings. The van der Waals surface area contributed by atoms with Gasteiger partial charge in [0.05, 0.1) is 13.3 Å². The van der Waals surface area contributed by atoms with Gasteiger partial charge in [0.15, 0.2) is 0 Å². The highest BCUT2D eigenvalue weighted by Gasteiger charge is 2.69. The van der Waals surface area contributed by atoms with Crippen molar-refractivity contribution < 1.29 is 13.2 Å². The lowest BCUT2D eigenvalue weighted by molar-refractivity contribution is -0.198. The quantitative estimate of drug-likeness (QED) is 0.609. The second-order valence-electron chi connectivity index (χ2n) is 4.60. The summed E-state index contributed by atoms with van der Waals surface area (Å²) in [5.74, 6) is 0. The lowest BCUT2D eigenvalue weighted by Crippen LogP contribution is -2.36. The number of halogens is 3. The van der Waals surface area contributed by atoms with Gasteiger partial charge in [-0.05, 0) is 12.8 Å². The van der Waals surface area contributed by atoms with Crippen LogP contribution in [0.2, 0.25) is 5.31 Å². The molecule has 0 nitrogen and oxygen atoms in total. The van der Waals surface area contributed by atoms with Gasteiger partial charge >= 0.3 is 6.18 Å². The zero-order chi connectivity index (χ0) is 11.0. The molecule has 0 N–H and O–H groups in total. The maximum Gasteiger partial charge on any atom is 0.394 e. The van der Waals surface area contributed by atoms with Crippen LogP contribution < -0.4 is 0 Å². The first-order valence-corrected chi connectivity index (χ1v) is 5.12. The molecule has 0 aliphatic heterocycles. The van der Waals surface area contributed by atoms with E-state index in [1.165, 1.54) is 0 Å². The van der Waals surface area contributed by atoms with Crippen molar-refractivity contribution in [1.29, 1.82) is 0 Å². The molecule has 80 valence electrons. The van der Waals surface area contributed by atoms with E-state index in [9.17, 15) is 13.2 Å². The van der Waals surface area contributed by atoms with Crippen molar-refractivity contribution in [2.75, 3.05) is 0 Å². The van der Waals surface area contributed by atoms with E-state index >= 15 is 0 Å². The molecule has 1 rings (SSSR count). The smallest absolute Gasteiger partial charge is 0.171 e. The molecule has 1 atom stereocenters. The highest BCUT2D eigenvalue weighted by atomic mass is 19.4. The topological polar surface area (TPSA) is 0 Å². The fraction of sp³-hybridized carbons (Fsp3) is 1.00. The Hall–Kier alpha value is -0.145. The van der Waals surface area contributed by atoms with Gasteiger partial charge in [-0.15, -0.1) is 0 Å². The molecule has 1 unspecified atom stereocenters. The summed E-state index contributed by atoms with van der Waals surface area (Å²) in [4.78, 5) is 0. The molecule has 0 amide bonds. The van der Waals surface area contributed by atoms with E-state index in [4.69, 9.17) is 7.85 Å². The van der Waals surface area contributed by atoms with E-state index in [0.717, 1.165) is 12.8 Å². The molecule has 0 aromatic carbocycles. The molecule has 1 aliphatic carbocycles. The predicted molar refractivity (Wildman–Crippen MR) is 51.4 cm³/mol. The molecular formula is C10H16BF3. The monoisotopic (exact) mass is 204 g/mol.